The Bertz CT molecular complexity index is 515. The minimum absolute atomic E-state index is 0.114. The maximum absolute atomic E-state index is 12.3. The number of guanidine groups is 1. The van der Waals surface area contributed by atoms with E-state index in [1.807, 2.05) is 0 Å². The van der Waals surface area contributed by atoms with Gasteiger partial charge in [-0.2, -0.15) is 8.78 Å². The molecule has 0 aromatic heterocycles. The summed E-state index contributed by atoms with van der Waals surface area (Å²) in [4.78, 5) is 3.95. The molecule has 2 N–H and O–H groups in total. The van der Waals surface area contributed by atoms with Crippen LogP contribution in [0.2, 0.25) is 0 Å². The van der Waals surface area contributed by atoms with E-state index in [1.54, 1.807) is 19.2 Å². The van der Waals surface area contributed by atoms with Crippen molar-refractivity contribution in [3.05, 3.63) is 28.2 Å². The van der Waals surface area contributed by atoms with Crippen LogP contribution in [0, 0.1) is 12.3 Å². The van der Waals surface area contributed by atoms with Crippen molar-refractivity contribution in [2.24, 2.45) is 4.99 Å². The summed E-state index contributed by atoms with van der Waals surface area (Å²) in [6.45, 7) is -2.28. The van der Waals surface area contributed by atoms with Crippen LogP contribution < -0.4 is 15.4 Å². The number of hydrogen-bond acceptors (Lipinski definition) is 2. The third kappa shape index (κ3) is 5.45. The summed E-state index contributed by atoms with van der Waals surface area (Å²) in [5.74, 6) is 3.01. The highest BCUT2D eigenvalue weighted by molar-refractivity contribution is 9.10. The lowest BCUT2D eigenvalue weighted by Crippen LogP contribution is -2.37. The first kappa shape index (κ1) is 16.2. The molecule has 0 atom stereocenters. The van der Waals surface area contributed by atoms with Gasteiger partial charge in [0.25, 0.3) is 0 Å². The molecular weight excluding hydrogens is 332 g/mol. The van der Waals surface area contributed by atoms with Gasteiger partial charge in [0.2, 0.25) is 0 Å². The van der Waals surface area contributed by atoms with Gasteiger partial charge in [0.05, 0.1) is 6.54 Å². The highest BCUT2D eigenvalue weighted by atomic mass is 79.9. The van der Waals surface area contributed by atoms with Gasteiger partial charge >= 0.3 is 6.61 Å². The molecule has 0 aliphatic rings. The summed E-state index contributed by atoms with van der Waals surface area (Å²) >= 11 is 3.29. The summed E-state index contributed by atoms with van der Waals surface area (Å²) in [5.41, 5.74) is 0.573. The minimum atomic E-state index is -2.87. The van der Waals surface area contributed by atoms with E-state index in [4.69, 9.17) is 6.42 Å². The second-order valence-corrected chi connectivity index (χ2v) is 4.53. The third-order valence-electron chi connectivity index (χ3n) is 2.27. The molecule has 7 heteroatoms. The van der Waals surface area contributed by atoms with Gasteiger partial charge in [-0.15, -0.1) is 6.42 Å². The summed E-state index contributed by atoms with van der Waals surface area (Å²) in [7, 11) is 1.59. The zero-order valence-corrected chi connectivity index (χ0v) is 12.4. The van der Waals surface area contributed by atoms with Crippen molar-refractivity contribution >= 4 is 21.9 Å². The Morgan fingerprint density at radius 3 is 2.85 bits per heavy atom. The largest absolute Gasteiger partial charge is 0.434 e. The van der Waals surface area contributed by atoms with Crippen LogP contribution in [0.1, 0.15) is 5.56 Å². The molecule has 0 unspecified atom stereocenters. The lowest BCUT2D eigenvalue weighted by molar-refractivity contribution is -0.0504. The van der Waals surface area contributed by atoms with Crippen LogP contribution in [0.4, 0.5) is 8.78 Å². The van der Waals surface area contributed by atoms with Crippen LogP contribution in [0.15, 0.2) is 27.7 Å². The van der Waals surface area contributed by atoms with Crippen molar-refractivity contribution in [2.75, 3.05) is 13.6 Å². The van der Waals surface area contributed by atoms with Crippen LogP contribution in [-0.4, -0.2) is 26.2 Å². The zero-order valence-electron chi connectivity index (χ0n) is 10.8. The smallest absolute Gasteiger partial charge is 0.387 e. The van der Waals surface area contributed by atoms with E-state index in [0.717, 1.165) is 4.47 Å². The SMILES string of the molecule is C#CCNC(=NC)NCc1cc(Br)ccc1OC(F)F. The Hall–Kier alpha value is -1.81. The van der Waals surface area contributed by atoms with Crippen molar-refractivity contribution in [1.29, 1.82) is 0 Å². The Morgan fingerprint density at radius 2 is 2.25 bits per heavy atom. The fraction of sp³-hybridized carbons (Fsp3) is 0.308. The molecule has 0 spiro atoms. The lowest BCUT2D eigenvalue weighted by Gasteiger charge is -2.14. The minimum Gasteiger partial charge on any atom is -0.434 e. The van der Waals surface area contributed by atoms with E-state index in [2.05, 4.69) is 42.2 Å². The number of nitrogens with zero attached hydrogens (tertiary/aromatic N) is 1. The molecule has 0 aliphatic carbocycles. The van der Waals surface area contributed by atoms with Crippen LogP contribution in [0.5, 0.6) is 5.75 Å². The van der Waals surface area contributed by atoms with E-state index < -0.39 is 6.61 Å². The summed E-state index contributed by atoms with van der Waals surface area (Å²) < 4.78 is 29.9. The Kier molecular flexibility index (Phi) is 6.81. The van der Waals surface area contributed by atoms with Crippen LogP contribution in [0.3, 0.4) is 0 Å². The third-order valence-corrected chi connectivity index (χ3v) is 2.76. The van der Waals surface area contributed by atoms with Gasteiger partial charge in [0.15, 0.2) is 5.96 Å². The quantitative estimate of drug-likeness (QED) is 0.489. The number of aliphatic imine (C=N–C) groups is 1. The molecule has 0 saturated heterocycles. The van der Waals surface area contributed by atoms with E-state index in [1.165, 1.54) is 6.07 Å². The molecule has 1 aromatic rings. The second-order valence-electron chi connectivity index (χ2n) is 3.61. The molecule has 0 bridgehead atoms. The molecular formula is C13H14BrF2N3O. The molecule has 0 heterocycles. The van der Waals surface area contributed by atoms with E-state index >= 15 is 0 Å². The van der Waals surface area contributed by atoms with Crippen molar-refractivity contribution in [1.82, 2.24) is 10.6 Å². The molecule has 108 valence electrons. The average Bonchev–Trinajstić information content (AvgIpc) is 2.41. The molecule has 20 heavy (non-hydrogen) atoms. The number of rotatable bonds is 5. The van der Waals surface area contributed by atoms with Gasteiger partial charge in [0, 0.05) is 23.6 Å². The first-order valence-electron chi connectivity index (χ1n) is 5.68. The number of hydrogen-bond donors (Lipinski definition) is 2. The van der Waals surface area contributed by atoms with Crippen molar-refractivity contribution < 1.29 is 13.5 Å². The van der Waals surface area contributed by atoms with E-state index in [9.17, 15) is 8.78 Å². The van der Waals surface area contributed by atoms with Crippen LogP contribution >= 0.6 is 15.9 Å². The molecule has 4 nitrogen and oxygen atoms in total. The highest BCUT2D eigenvalue weighted by Crippen LogP contribution is 2.24. The number of terminal acetylenes is 1. The van der Waals surface area contributed by atoms with E-state index in [0.29, 0.717) is 18.1 Å². The van der Waals surface area contributed by atoms with Gasteiger partial charge in [-0.05, 0) is 18.2 Å². The zero-order chi connectivity index (χ0) is 15.0. The highest BCUT2D eigenvalue weighted by Gasteiger charge is 2.10. The Labute approximate surface area is 124 Å². The number of alkyl halides is 2. The molecule has 0 aliphatic heterocycles. The second kappa shape index (κ2) is 8.38. The first-order valence-corrected chi connectivity index (χ1v) is 6.47. The van der Waals surface area contributed by atoms with Crippen molar-refractivity contribution in [3.8, 4) is 18.1 Å². The monoisotopic (exact) mass is 345 g/mol. The maximum Gasteiger partial charge on any atom is 0.387 e. The van der Waals surface area contributed by atoms with Crippen LogP contribution in [-0.2, 0) is 6.54 Å². The summed E-state index contributed by atoms with van der Waals surface area (Å²) in [5, 5.41) is 5.83. The lowest BCUT2D eigenvalue weighted by atomic mass is 10.2. The Morgan fingerprint density at radius 1 is 1.50 bits per heavy atom. The topological polar surface area (TPSA) is 45.7 Å². The van der Waals surface area contributed by atoms with Crippen LogP contribution in [0.25, 0.3) is 0 Å². The normalized spacial score (nSPS) is 11.1. The summed E-state index contributed by atoms with van der Waals surface area (Å²) in [6, 6.07) is 4.80. The molecule has 1 rings (SSSR count). The van der Waals surface area contributed by atoms with Gasteiger partial charge in [-0.25, -0.2) is 0 Å². The Balaban J connectivity index is 2.75. The molecule has 0 fully saturated rings. The van der Waals surface area contributed by atoms with Gasteiger partial charge in [0.1, 0.15) is 5.75 Å². The summed E-state index contributed by atoms with van der Waals surface area (Å²) in [6.07, 6.45) is 5.13. The number of ether oxygens (including phenoxy) is 1. The molecule has 0 radical (unpaired) electrons. The molecule has 0 saturated carbocycles. The molecule has 1 aromatic carbocycles. The molecule has 0 amide bonds. The predicted molar refractivity (Wildman–Crippen MR) is 77.8 cm³/mol. The van der Waals surface area contributed by atoms with Gasteiger partial charge in [-0.3, -0.25) is 4.99 Å². The van der Waals surface area contributed by atoms with Crippen molar-refractivity contribution in [3.63, 3.8) is 0 Å². The van der Waals surface area contributed by atoms with Gasteiger partial charge < -0.3 is 15.4 Å². The standard InChI is InChI=1S/C13H14BrF2N3O/c1-3-6-18-13(17-2)19-8-9-7-10(14)4-5-11(9)20-12(15)16/h1,4-5,7,12H,6,8H2,2H3,(H2,17,18,19). The first-order chi connectivity index (χ1) is 9.56. The van der Waals surface area contributed by atoms with E-state index in [-0.39, 0.29) is 12.3 Å². The average molecular weight is 346 g/mol. The fourth-order valence-corrected chi connectivity index (χ4v) is 1.84. The predicted octanol–water partition coefficient (Wildman–Crippen LogP) is 2.35. The van der Waals surface area contributed by atoms with Gasteiger partial charge in [-0.1, -0.05) is 21.9 Å². The maximum atomic E-state index is 12.3. The number of benzene rings is 1. The number of halogens is 3. The van der Waals surface area contributed by atoms with Crippen molar-refractivity contribution in [2.45, 2.75) is 13.2 Å². The fourth-order valence-electron chi connectivity index (χ4n) is 1.43. The number of nitrogens with one attached hydrogen (secondary N) is 2.